The van der Waals surface area contributed by atoms with Crippen molar-refractivity contribution in [3.8, 4) is 0 Å². The van der Waals surface area contributed by atoms with Gasteiger partial charge in [-0.05, 0) is 50.3 Å². The lowest BCUT2D eigenvalue weighted by molar-refractivity contribution is 0.639. The zero-order valence-corrected chi connectivity index (χ0v) is 14.4. The van der Waals surface area contributed by atoms with E-state index in [1.807, 2.05) is 24.3 Å². The molecule has 126 valence electrons. The van der Waals surface area contributed by atoms with Crippen LogP contribution >= 0.6 is 0 Å². The predicted molar refractivity (Wildman–Crippen MR) is 102 cm³/mol. The molecule has 1 aliphatic rings. The second-order valence-corrected chi connectivity index (χ2v) is 6.54. The van der Waals surface area contributed by atoms with E-state index in [1.165, 1.54) is 17.5 Å². The number of hydrogen-bond donors (Lipinski definition) is 1. The number of aromatic nitrogens is 2. The molecule has 1 N–H and O–H groups in total. The maximum atomic E-state index is 5.92. The molecule has 4 rings (SSSR count). The molecule has 0 aliphatic heterocycles. The van der Waals surface area contributed by atoms with Gasteiger partial charge in [-0.1, -0.05) is 30.4 Å². The molecule has 0 amide bonds. The van der Waals surface area contributed by atoms with Crippen molar-refractivity contribution in [2.24, 2.45) is 11.0 Å². The van der Waals surface area contributed by atoms with Gasteiger partial charge in [-0.3, -0.25) is 5.43 Å². The summed E-state index contributed by atoms with van der Waals surface area (Å²) in [5, 5.41) is 5.57. The van der Waals surface area contributed by atoms with Gasteiger partial charge >= 0.3 is 0 Å². The van der Waals surface area contributed by atoms with Gasteiger partial charge in [0.05, 0.1) is 5.71 Å². The Kier molecular flexibility index (Phi) is 3.84. The average molecular weight is 332 g/mol. The van der Waals surface area contributed by atoms with Gasteiger partial charge in [0.2, 0.25) is 0 Å². The molecular weight excluding hydrogens is 312 g/mol. The van der Waals surface area contributed by atoms with Gasteiger partial charge in [-0.2, -0.15) is 5.10 Å². The molecule has 25 heavy (non-hydrogen) atoms. The monoisotopic (exact) mass is 332 g/mol. The van der Waals surface area contributed by atoms with Crippen LogP contribution in [0.3, 0.4) is 0 Å². The van der Waals surface area contributed by atoms with E-state index < -0.39 is 0 Å². The van der Waals surface area contributed by atoms with Gasteiger partial charge in [-0.15, -0.1) is 0 Å². The minimum Gasteiger partial charge on any atom is -0.450 e. The summed E-state index contributed by atoms with van der Waals surface area (Å²) in [4.78, 5) is 8.66. The Morgan fingerprint density at radius 2 is 2.16 bits per heavy atom. The molecule has 0 bridgehead atoms. The molecule has 0 unspecified atom stereocenters. The molecular formula is C20H20N4O. The van der Waals surface area contributed by atoms with Crippen LogP contribution in [0.2, 0.25) is 0 Å². The van der Waals surface area contributed by atoms with E-state index in [4.69, 9.17) is 4.42 Å². The molecule has 0 spiro atoms. The van der Waals surface area contributed by atoms with Crippen molar-refractivity contribution in [3.05, 3.63) is 54.4 Å². The van der Waals surface area contributed by atoms with E-state index in [0.717, 1.165) is 35.0 Å². The van der Waals surface area contributed by atoms with Crippen LogP contribution in [0.5, 0.6) is 0 Å². The lowest BCUT2D eigenvalue weighted by atomic mass is 9.85. The van der Waals surface area contributed by atoms with Crippen molar-refractivity contribution in [2.75, 3.05) is 5.43 Å². The summed E-state index contributed by atoms with van der Waals surface area (Å²) in [7, 11) is 0. The van der Waals surface area contributed by atoms with Crippen LogP contribution in [0, 0.1) is 5.92 Å². The van der Waals surface area contributed by atoms with E-state index in [1.54, 1.807) is 0 Å². The van der Waals surface area contributed by atoms with Gasteiger partial charge in [0.15, 0.2) is 11.4 Å². The van der Waals surface area contributed by atoms with Gasteiger partial charge in [0.1, 0.15) is 17.4 Å². The molecule has 0 saturated heterocycles. The molecule has 0 fully saturated rings. The van der Waals surface area contributed by atoms with Crippen LogP contribution in [0.15, 0.2) is 63.9 Å². The van der Waals surface area contributed by atoms with E-state index >= 15 is 0 Å². The predicted octanol–water partition coefficient (Wildman–Crippen LogP) is 5.08. The van der Waals surface area contributed by atoms with Crippen LogP contribution in [0.4, 0.5) is 5.82 Å². The van der Waals surface area contributed by atoms with E-state index in [-0.39, 0.29) is 0 Å². The Morgan fingerprint density at radius 3 is 3.00 bits per heavy atom. The van der Waals surface area contributed by atoms with Crippen LogP contribution in [-0.4, -0.2) is 15.7 Å². The summed E-state index contributed by atoms with van der Waals surface area (Å²) in [5.41, 5.74) is 8.72. The van der Waals surface area contributed by atoms with Crippen molar-refractivity contribution in [2.45, 2.75) is 26.7 Å². The zero-order chi connectivity index (χ0) is 17.4. The average Bonchev–Trinajstić information content (AvgIpc) is 3.00. The number of fused-ring (bicyclic) bond motifs is 3. The second-order valence-electron chi connectivity index (χ2n) is 6.54. The summed E-state index contributed by atoms with van der Waals surface area (Å²) >= 11 is 0. The van der Waals surface area contributed by atoms with Crippen molar-refractivity contribution in [1.82, 2.24) is 9.97 Å². The Hall–Kier alpha value is -2.95. The number of hydrazone groups is 1. The Balaban J connectivity index is 1.70. The van der Waals surface area contributed by atoms with E-state index in [0.29, 0.717) is 17.3 Å². The maximum absolute atomic E-state index is 5.92. The third kappa shape index (κ3) is 2.82. The fourth-order valence-corrected chi connectivity index (χ4v) is 3.15. The van der Waals surface area contributed by atoms with Gasteiger partial charge in [0, 0.05) is 5.39 Å². The number of para-hydroxylation sites is 1. The highest BCUT2D eigenvalue weighted by Gasteiger charge is 2.19. The van der Waals surface area contributed by atoms with Crippen LogP contribution in [0.25, 0.3) is 22.1 Å². The van der Waals surface area contributed by atoms with E-state index in [2.05, 4.69) is 47.0 Å². The molecule has 2 heterocycles. The number of hydrogen-bond acceptors (Lipinski definition) is 5. The summed E-state index contributed by atoms with van der Waals surface area (Å²) < 4.78 is 5.92. The number of allylic oxidation sites excluding steroid dienone is 3. The SMILES string of the molecule is C=C(C)[C@H]1CC=C(C)/C(=N/Nc2ncnc3c2oc2ccccc23)C1. The Labute approximate surface area is 146 Å². The topological polar surface area (TPSA) is 63.3 Å². The smallest absolute Gasteiger partial charge is 0.197 e. The number of nitrogens with one attached hydrogen (secondary N) is 1. The number of rotatable bonds is 3. The quantitative estimate of drug-likeness (QED) is 0.537. The van der Waals surface area contributed by atoms with Gasteiger partial charge in [0.25, 0.3) is 0 Å². The van der Waals surface area contributed by atoms with Crippen LogP contribution in [0.1, 0.15) is 26.7 Å². The van der Waals surface area contributed by atoms with Gasteiger partial charge in [-0.25, -0.2) is 9.97 Å². The van der Waals surface area contributed by atoms with Crippen molar-refractivity contribution in [3.63, 3.8) is 0 Å². The first-order valence-corrected chi connectivity index (χ1v) is 8.41. The minimum absolute atomic E-state index is 0.445. The summed E-state index contributed by atoms with van der Waals surface area (Å²) in [6.07, 6.45) is 5.67. The molecule has 1 aliphatic carbocycles. The molecule has 2 aromatic heterocycles. The molecule has 0 saturated carbocycles. The Morgan fingerprint density at radius 1 is 1.32 bits per heavy atom. The highest BCUT2D eigenvalue weighted by Crippen LogP contribution is 2.31. The zero-order valence-electron chi connectivity index (χ0n) is 14.4. The number of anilines is 1. The van der Waals surface area contributed by atoms with Crippen molar-refractivity contribution in [1.29, 1.82) is 0 Å². The highest BCUT2D eigenvalue weighted by atomic mass is 16.3. The summed E-state index contributed by atoms with van der Waals surface area (Å²) in [5.74, 6) is 1.03. The first-order chi connectivity index (χ1) is 12.1. The molecule has 1 atom stereocenters. The number of benzene rings is 1. The third-order valence-electron chi connectivity index (χ3n) is 4.76. The Bertz CT molecular complexity index is 1030. The van der Waals surface area contributed by atoms with E-state index in [9.17, 15) is 0 Å². The maximum Gasteiger partial charge on any atom is 0.197 e. The number of furan rings is 1. The van der Waals surface area contributed by atoms with Crippen LogP contribution < -0.4 is 5.43 Å². The first kappa shape index (κ1) is 15.6. The lowest BCUT2D eigenvalue weighted by Crippen LogP contribution is -2.16. The third-order valence-corrected chi connectivity index (χ3v) is 4.76. The molecule has 5 nitrogen and oxygen atoms in total. The first-order valence-electron chi connectivity index (χ1n) is 8.41. The van der Waals surface area contributed by atoms with Crippen molar-refractivity contribution < 1.29 is 4.42 Å². The number of nitrogens with zero attached hydrogens (tertiary/aromatic N) is 3. The highest BCUT2D eigenvalue weighted by molar-refractivity contribution is 6.06. The standard InChI is InChI=1S/C20H20N4O/c1-12(2)14-9-8-13(3)16(10-14)23-24-20-19-18(21-11-22-20)15-6-4-5-7-17(15)25-19/h4-8,11,14H,1,9-10H2,2-3H3,(H,21,22,24)/b23-16+/t14-/m0/s1. The fourth-order valence-electron chi connectivity index (χ4n) is 3.15. The van der Waals surface area contributed by atoms with Crippen molar-refractivity contribution >= 4 is 33.6 Å². The van der Waals surface area contributed by atoms with Crippen LogP contribution in [-0.2, 0) is 0 Å². The fraction of sp³-hybridized carbons (Fsp3) is 0.250. The lowest BCUT2D eigenvalue weighted by Gasteiger charge is -2.22. The largest absolute Gasteiger partial charge is 0.450 e. The molecule has 3 aromatic rings. The molecule has 1 aromatic carbocycles. The second kappa shape index (κ2) is 6.16. The molecule has 5 heteroatoms. The summed E-state index contributed by atoms with van der Waals surface area (Å²) in [6, 6.07) is 7.84. The van der Waals surface area contributed by atoms with Gasteiger partial charge < -0.3 is 4.42 Å². The minimum atomic E-state index is 0.445. The molecule has 0 radical (unpaired) electrons. The normalized spacial score (nSPS) is 19.4. The summed E-state index contributed by atoms with van der Waals surface area (Å²) in [6.45, 7) is 8.25.